The monoisotopic (exact) mass is 367 g/mol. The summed E-state index contributed by atoms with van der Waals surface area (Å²) in [6, 6.07) is 17.6. The van der Waals surface area contributed by atoms with Gasteiger partial charge in [0.2, 0.25) is 0 Å². The average Bonchev–Trinajstić information content (AvgIpc) is 3.02. The van der Waals surface area contributed by atoms with Crippen LogP contribution in [0.5, 0.6) is 0 Å². The fourth-order valence-electron chi connectivity index (χ4n) is 2.68. The summed E-state index contributed by atoms with van der Waals surface area (Å²) in [5, 5.41) is 0.580. The molecule has 1 aromatic heterocycles. The second kappa shape index (κ2) is 8.10. The van der Waals surface area contributed by atoms with E-state index in [2.05, 4.69) is 10.9 Å². The third-order valence-corrected chi connectivity index (χ3v) is 5.37. The molecule has 3 rings (SSSR count). The molecule has 1 heterocycles. The molecule has 26 heavy (non-hydrogen) atoms. The third-order valence-electron chi connectivity index (χ3n) is 4.15. The Labute approximate surface area is 156 Å². The minimum absolute atomic E-state index is 0.223. The van der Waals surface area contributed by atoms with Crippen LogP contribution in [-0.2, 0) is 17.6 Å². The smallest absolute Gasteiger partial charge is 0.271 e. The molecule has 3 aromatic rings. The maximum absolute atomic E-state index is 12.4. The molecule has 0 saturated heterocycles. The minimum atomic E-state index is -0.324. The zero-order valence-electron chi connectivity index (χ0n) is 14.7. The molecular formula is C20H21N3O2S. The number of hydrogen-bond acceptors (Lipinski definition) is 3. The number of para-hydroxylation sites is 1. The lowest BCUT2D eigenvalue weighted by molar-refractivity contribution is -0.121. The molecule has 0 radical (unpaired) electrons. The highest BCUT2D eigenvalue weighted by Gasteiger charge is 2.17. The van der Waals surface area contributed by atoms with E-state index >= 15 is 0 Å². The Morgan fingerprint density at radius 3 is 2.50 bits per heavy atom. The Hall–Kier alpha value is -2.73. The maximum Gasteiger partial charge on any atom is 0.271 e. The lowest BCUT2D eigenvalue weighted by Gasteiger charge is -2.12. The van der Waals surface area contributed by atoms with Crippen molar-refractivity contribution in [2.24, 2.45) is 7.05 Å². The highest BCUT2D eigenvalue weighted by atomic mass is 32.2. The first kappa shape index (κ1) is 18.1. The van der Waals surface area contributed by atoms with Gasteiger partial charge in [-0.3, -0.25) is 20.4 Å². The molecule has 0 bridgehead atoms. The molecule has 2 N–H and O–H groups in total. The topological polar surface area (TPSA) is 63.1 Å². The summed E-state index contributed by atoms with van der Waals surface area (Å²) >= 11 is 1.52. The van der Waals surface area contributed by atoms with Gasteiger partial charge in [-0.1, -0.05) is 48.5 Å². The van der Waals surface area contributed by atoms with Gasteiger partial charge in [-0.15, -0.1) is 11.8 Å². The molecule has 1 atom stereocenters. The molecule has 1 unspecified atom stereocenters. The molecule has 0 aliphatic rings. The van der Waals surface area contributed by atoms with Crippen molar-refractivity contribution in [3.8, 4) is 0 Å². The number of nitrogens with one attached hydrogen (secondary N) is 2. The summed E-state index contributed by atoms with van der Waals surface area (Å²) in [7, 11) is 1.89. The second-order valence-corrected chi connectivity index (χ2v) is 7.38. The summed E-state index contributed by atoms with van der Waals surface area (Å²) < 4.78 is 1.89. The van der Waals surface area contributed by atoms with Crippen LogP contribution < -0.4 is 10.9 Å². The molecule has 6 heteroatoms. The van der Waals surface area contributed by atoms with E-state index < -0.39 is 0 Å². The Morgan fingerprint density at radius 2 is 1.73 bits per heavy atom. The van der Waals surface area contributed by atoms with Gasteiger partial charge in [0.25, 0.3) is 11.8 Å². The van der Waals surface area contributed by atoms with Crippen LogP contribution in [0.2, 0.25) is 0 Å². The lowest BCUT2D eigenvalue weighted by Crippen LogP contribution is -2.44. The van der Waals surface area contributed by atoms with E-state index in [-0.39, 0.29) is 17.1 Å². The molecular weight excluding hydrogens is 346 g/mol. The number of benzene rings is 2. The number of thioether (sulfide) groups is 1. The number of aryl methyl sites for hydroxylation is 1. The largest absolute Gasteiger partial charge is 0.350 e. The number of carbonyl (C=O) groups is 2. The van der Waals surface area contributed by atoms with Crippen molar-refractivity contribution >= 4 is 34.5 Å². The zero-order chi connectivity index (χ0) is 18.5. The third kappa shape index (κ3) is 4.08. The predicted octanol–water partition coefficient (Wildman–Crippen LogP) is 3.26. The van der Waals surface area contributed by atoms with Crippen molar-refractivity contribution in [1.29, 1.82) is 0 Å². The van der Waals surface area contributed by atoms with E-state index in [9.17, 15) is 9.59 Å². The van der Waals surface area contributed by atoms with Crippen molar-refractivity contribution in [3.63, 3.8) is 0 Å². The number of aromatic nitrogens is 1. The van der Waals surface area contributed by atoms with E-state index in [4.69, 9.17) is 0 Å². The van der Waals surface area contributed by atoms with E-state index in [0.29, 0.717) is 5.56 Å². The number of fused-ring (bicyclic) bond motifs is 1. The van der Waals surface area contributed by atoms with Gasteiger partial charge in [0.15, 0.2) is 0 Å². The van der Waals surface area contributed by atoms with Gasteiger partial charge in [-0.2, -0.15) is 0 Å². The summed E-state index contributed by atoms with van der Waals surface area (Å²) in [6.45, 7) is 1.83. The van der Waals surface area contributed by atoms with E-state index in [1.165, 1.54) is 11.8 Å². The SMILES string of the molecule is CC(SCc1ccccc1)C(=O)NNC(=O)c1cn(C)c2ccccc12. The molecule has 2 aromatic carbocycles. The van der Waals surface area contributed by atoms with Gasteiger partial charge in [0.05, 0.1) is 10.8 Å². The van der Waals surface area contributed by atoms with E-state index in [1.807, 2.05) is 73.1 Å². The summed E-state index contributed by atoms with van der Waals surface area (Å²) in [5.41, 5.74) is 7.71. The Balaban J connectivity index is 1.55. The van der Waals surface area contributed by atoms with Gasteiger partial charge in [0, 0.05) is 29.9 Å². The van der Waals surface area contributed by atoms with Crippen molar-refractivity contribution in [3.05, 3.63) is 71.9 Å². The first-order valence-corrected chi connectivity index (χ1v) is 9.41. The minimum Gasteiger partial charge on any atom is -0.350 e. The molecule has 134 valence electrons. The van der Waals surface area contributed by atoms with Crippen molar-refractivity contribution in [1.82, 2.24) is 15.4 Å². The number of rotatable bonds is 5. The first-order valence-electron chi connectivity index (χ1n) is 8.36. The number of amides is 2. The molecule has 0 saturated carbocycles. The molecule has 0 aliphatic carbocycles. The van der Waals surface area contributed by atoms with Gasteiger partial charge in [-0.25, -0.2) is 0 Å². The zero-order valence-corrected chi connectivity index (χ0v) is 15.5. The van der Waals surface area contributed by atoms with Gasteiger partial charge < -0.3 is 4.57 Å². The predicted molar refractivity (Wildman–Crippen MR) is 106 cm³/mol. The molecule has 0 fully saturated rings. The maximum atomic E-state index is 12.4. The Morgan fingerprint density at radius 1 is 1.04 bits per heavy atom. The number of nitrogens with zero attached hydrogens (tertiary/aromatic N) is 1. The normalized spacial score (nSPS) is 11.9. The Bertz CT molecular complexity index is 921. The summed E-state index contributed by atoms with van der Waals surface area (Å²) in [5.74, 6) is 0.196. The van der Waals surface area contributed by atoms with Crippen LogP contribution in [-0.4, -0.2) is 21.6 Å². The fraction of sp³-hybridized carbons (Fsp3) is 0.200. The van der Waals surface area contributed by atoms with Crippen LogP contribution in [0.15, 0.2) is 60.8 Å². The van der Waals surface area contributed by atoms with Crippen molar-refractivity contribution in [2.75, 3.05) is 0 Å². The Kier molecular flexibility index (Phi) is 5.63. The van der Waals surface area contributed by atoms with Crippen LogP contribution in [0.4, 0.5) is 0 Å². The molecule has 0 spiro atoms. The summed E-state index contributed by atoms with van der Waals surface area (Å²) in [4.78, 5) is 24.6. The van der Waals surface area contributed by atoms with E-state index in [1.54, 1.807) is 6.20 Å². The lowest BCUT2D eigenvalue weighted by atomic mass is 10.2. The van der Waals surface area contributed by atoms with E-state index in [0.717, 1.165) is 22.2 Å². The number of hydrogen-bond donors (Lipinski definition) is 2. The highest BCUT2D eigenvalue weighted by molar-refractivity contribution is 7.99. The van der Waals surface area contributed by atoms with Gasteiger partial charge >= 0.3 is 0 Å². The van der Waals surface area contributed by atoms with Crippen LogP contribution in [0.25, 0.3) is 10.9 Å². The molecule has 0 aliphatic heterocycles. The molecule has 5 nitrogen and oxygen atoms in total. The number of carbonyl (C=O) groups excluding carboxylic acids is 2. The number of hydrazine groups is 1. The van der Waals surface area contributed by atoms with Gasteiger partial charge in [0.1, 0.15) is 0 Å². The quantitative estimate of drug-likeness (QED) is 0.681. The van der Waals surface area contributed by atoms with Crippen LogP contribution in [0.3, 0.4) is 0 Å². The standard InChI is InChI=1S/C20H21N3O2S/c1-14(26-13-15-8-4-3-5-9-15)19(24)21-22-20(25)17-12-23(2)18-11-7-6-10-16(17)18/h3-12,14H,13H2,1-2H3,(H,21,24)(H,22,25). The van der Waals surface area contributed by atoms with Crippen LogP contribution in [0.1, 0.15) is 22.8 Å². The van der Waals surface area contributed by atoms with Crippen LogP contribution in [0, 0.1) is 0 Å². The first-order chi connectivity index (χ1) is 12.6. The second-order valence-electron chi connectivity index (χ2n) is 6.05. The van der Waals surface area contributed by atoms with Crippen LogP contribution >= 0.6 is 11.8 Å². The van der Waals surface area contributed by atoms with Gasteiger partial charge in [-0.05, 0) is 18.6 Å². The average molecular weight is 367 g/mol. The molecule has 2 amide bonds. The van der Waals surface area contributed by atoms with Crippen molar-refractivity contribution in [2.45, 2.75) is 17.9 Å². The summed E-state index contributed by atoms with van der Waals surface area (Å²) in [6.07, 6.45) is 1.76. The fourth-order valence-corrected chi connectivity index (χ4v) is 3.53. The van der Waals surface area contributed by atoms with Crippen molar-refractivity contribution < 1.29 is 9.59 Å². The highest BCUT2D eigenvalue weighted by Crippen LogP contribution is 2.20.